The van der Waals surface area contributed by atoms with Gasteiger partial charge in [0.15, 0.2) is 0 Å². The smallest absolute Gasteiger partial charge is 0.251 e. The Morgan fingerprint density at radius 1 is 1.14 bits per heavy atom. The van der Waals surface area contributed by atoms with Crippen molar-refractivity contribution in [1.29, 1.82) is 0 Å². The van der Waals surface area contributed by atoms with Crippen LogP contribution in [-0.2, 0) is 6.61 Å². The van der Waals surface area contributed by atoms with Crippen molar-refractivity contribution < 1.29 is 9.90 Å². The lowest BCUT2D eigenvalue weighted by atomic mass is 10.1. The van der Waals surface area contributed by atoms with Gasteiger partial charge in [-0.3, -0.25) is 4.79 Å². The zero-order chi connectivity index (χ0) is 15.6. The van der Waals surface area contributed by atoms with E-state index in [1.807, 2.05) is 24.3 Å². The van der Waals surface area contributed by atoms with Crippen molar-refractivity contribution in [2.45, 2.75) is 24.5 Å². The van der Waals surface area contributed by atoms with Gasteiger partial charge < -0.3 is 10.4 Å². The van der Waals surface area contributed by atoms with Crippen molar-refractivity contribution in [1.82, 2.24) is 10.3 Å². The van der Waals surface area contributed by atoms with Crippen LogP contribution < -0.4 is 5.32 Å². The predicted octanol–water partition coefficient (Wildman–Crippen LogP) is 2.88. The highest BCUT2D eigenvalue weighted by Gasteiger charge is 2.09. The Morgan fingerprint density at radius 3 is 2.73 bits per heavy atom. The fraction of sp³-hybridized carbons (Fsp3) is 0.294. The van der Waals surface area contributed by atoms with Crippen molar-refractivity contribution in [3.63, 3.8) is 0 Å². The summed E-state index contributed by atoms with van der Waals surface area (Å²) < 4.78 is 0. The van der Waals surface area contributed by atoms with E-state index in [4.69, 9.17) is 0 Å². The van der Waals surface area contributed by atoms with E-state index in [1.165, 1.54) is 0 Å². The Morgan fingerprint density at radius 2 is 1.95 bits per heavy atom. The zero-order valence-electron chi connectivity index (χ0n) is 12.4. The van der Waals surface area contributed by atoms with Crippen LogP contribution >= 0.6 is 11.8 Å². The largest absolute Gasteiger partial charge is 0.392 e. The maximum Gasteiger partial charge on any atom is 0.251 e. The van der Waals surface area contributed by atoms with Crippen LogP contribution in [0.2, 0.25) is 0 Å². The highest BCUT2D eigenvalue weighted by Crippen LogP contribution is 2.15. The third-order valence-electron chi connectivity index (χ3n) is 3.18. The molecule has 2 aromatic rings. The van der Waals surface area contributed by atoms with Crippen LogP contribution in [0.4, 0.5) is 0 Å². The number of hydrogen-bond acceptors (Lipinski definition) is 4. The van der Waals surface area contributed by atoms with Crippen LogP contribution in [0.15, 0.2) is 53.7 Å². The van der Waals surface area contributed by atoms with Crippen LogP contribution in [0.5, 0.6) is 0 Å². The quantitative estimate of drug-likeness (QED) is 0.581. The van der Waals surface area contributed by atoms with E-state index >= 15 is 0 Å². The summed E-state index contributed by atoms with van der Waals surface area (Å²) in [7, 11) is 0. The molecule has 0 radical (unpaired) electrons. The molecule has 4 nitrogen and oxygen atoms in total. The lowest BCUT2D eigenvalue weighted by Gasteiger charge is -2.08. The molecule has 1 heterocycles. The van der Waals surface area contributed by atoms with Crippen molar-refractivity contribution in [2.24, 2.45) is 0 Å². The number of pyridine rings is 1. The number of unbranched alkanes of at least 4 members (excludes halogenated alkanes) is 1. The number of nitrogens with one attached hydrogen (secondary N) is 1. The number of rotatable bonds is 8. The summed E-state index contributed by atoms with van der Waals surface area (Å²) in [5.41, 5.74) is 1.21. The van der Waals surface area contributed by atoms with E-state index in [9.17, 15) is 9.90 Å². The zero-order valence-corrected chi connectivity index (χ0v) is 13.2. The van der Waals surface area contributed by atoms with Crippen molar-refractivity contribution in [2.75, 3.05) is 12.3 Å². The predicted molar refractivity (Wildman–Crippen MR) is 88.9 cm³/mol. The first-order chi connectivity index (χ1) is 10.8. The van der Waals surface area contributed by atoms with E-state index in [0.29, 0.717) is 17.7 Å². The standard InChI is InChI=1S/C17H20N2O2S/c20-13-14-7-1-2-8-15(14)17(21)19-11-5-6-12-22-16-9-3-4-10-18-16/h1-4,7-10,20H,5-6,11-13H2,(H,19,21). The molecule has 2 N–H and O–H groups in total. The third-order valence-corrected chi connectivity index (χ3v) is 4.21. The average Bonchev–Trinajstić information content (AvgIpc) is 2.58. The van der Waals surface area contributed by atoms with Gasteiger partial charge in [0.1, 0.15) is 0 Å². The SMILES string of the molecule is O=C(NCCCCSc1ccccn1)c1ccccc1CO. The molecule has 0 atom stereocenters. The van der Waals surface area contributed by atoms with Gasteiger partial charge in [0.05, 0.1) is 11.6 Å². The van der Waals surface area contributed by atoms with E-state index in [1.54, 1.807) is 36.2 Å². The maximum absolute atomic E-state index is 12.0. The van der Waals surface area contributed by atoms with Crippen LogP contribution in [0.1, 0.15) is 28.8 Å². The summed E-state index contributed by atoms with van der Waals surface area (Å²) in [5, 5.41) is 13.2. The molecule has 0 aliphatic heterocycles. The first-order valence-corrected chi connectivity index (χ1v) is 8.30. The number of amides is 1. The molecule has 22 heavy (non-hydrogen) atoms. The molecule has 2 rings (SSSR count). The highest BCUT2D eigenvalue weighted by molar-refractivity contribution is 7.99. The molecule has 0 spiro atoms. The summed E-state index contributed by atoms with van der Waals surface area (Å²) in [5.74, 6) is 0.863. The number of carbonyl (C=O) groups excluding carboxylic acids is 1. The van der Waals surface area contributed by atoms with E-state index < -0.39 is 0 Å². The van der Waals surface area contributed by atoms with E-state index in [-0.39, 0.29) is 12.5 Å². The van der Waals surface area contributed by atoms with E-state index in [2.05, 4.69) is 10.3 Å². The first kappa shape index (κ1) is 16.5. The van der Waals surface area contributed by atoms with Gasteiger partial charge in [-0.2, -0.15) is 0 Å². The molecule has 0 aliphatic rings. The molecule has 1 aromatic carbocycles. The second kappa shape index (κ2) is 9.23. The topological polar surface area (TPSA) is 62.2 Å². The van der Waals surface area contributed by atoms with Gasteiger partial charge >= 0.3 is 0 Å². The lowest BCUT2D eigenvalue weighted by molar-refractivity contribution is 0.0950. The van der Waals surface area contributed by atoms with E-state index in [0.717, 1.165) is 23.6 Å². The number of benzene rings is 1. The number of hydrogen-bond donors (Lipinski definition) is 2. The Hall–Kier alpha value is -1.85. The fourth-order valence-electron chi connectivity index (χ4n) is 2.01. The summed E-state index contributed by atoms with van der Waals surface area (Å²) in [6, 6.07) is 13.0. The second-order valence-corrected chi connectivity index (χ2v) is 5.91. The number of carbonyl (C=O) groups is 1. The Labute approximate surface area is 135 Å². The van der Waals surface area contributed by atoms with Crippen LogP contribution in [0, 0.1) is 0 Å². The molecule has 0 fully saturated rings. The summed E-state index contributed by atoms with van der Waals surface area (Å²) in [4.78, 5) is 16.3. The monoisotopic (exact) mass is 316 g/mol. The molecular formula is C17H20N2O2S. The average molecular weight is 316 g/mol. The number of aromatic nitrogens is 1. The van der Waals surface area contributed by atoms with Gasteiger partial charge in [-0.25, -0.2) is 4.98 Å². The minimum atomic E-state index is -0.123. The molecule has 116 valence electrons. The van der Waals surface area contributed by atoms with Gasteiger partial charge in [0.25, 0.3) is 5.91 Å². The van der Waals surface area contributed by atoms with Gasteiger partial charge in [-0.15, -0.1) is 11.8 Å². The number of nitrogens with zero attached hydrogens (tertiary/aromatic N) is 1. The molecule has 0 saturated carbocycles. The number of aliphatic hydroxyl groups excluding tert-OH is 1. The Balaban J connectivity index is 1.65. The van der Waals surface area contributed by atoms with Gasteiger partial charge in [-0.1, -0.05) is 24.3 Å². The first-order valence-electron chi connectivity index (χ1n) is 7.32. The molecule has 5 heteroatoms. The molecule has 0 unspecified atom stereocenters. The lowest BCUT2D eigenvalue weighted by Crippen LogP contribution is -2.25. The number of thioether (sulfide) groups is 1. The summed E-state index contributed by atoms with van der Waals surface area (Å²) >= 11 is 1.72. The van der Waals surface area contributed by atoms with Gasteiger partial charge in [0, 0.05) is 18.3 Å². The Kier molecular flexibility index (Phi) is 6.93. The normalized spacial score (nSPS) is 10.4. The Bertz CT molecular complexity index is 590. The molecule has 0 aliphatic carbocycles. The maximum atomic E-state index is 12.0. The minimum Gasteiger partial charge on any atom is -0.392 e. The molecule has 0 saturated heterocycles. The van der Waals surface area contributed by atoms with Crippen molar-refractivity contribution in [3.8, 4) is 0 Å². The summed E-state index contributed by atoms with van der Waals surface area (Å²) in [6.45, 7) is 0.520. The molecular weight excluding hydrogens is 296 g/mol. The minimum absolute atomic E-state index is 0.121. The van der Waals surface area contributed by atoms with Crippen LogP contribution in [0.3, 0.4) is 0 Å². The molecule has 0 bridgehead atoms. The molecule has 1 aromatic heterocycles. The van der Waals surface area contributed by atoms with Crippen molar-refractivity contribution >= 4 is 17.7 Å². The van der Waals surface area contributed by atoms with Crippen LogP contribution in [-0.4, -0.2) is 28.3 Å². The second-order valence-electron chi connectivity index (χ2n) is 4.79. The van der Waals surface area contributed by atoms with Crippen LogP contribution in [0.25, 0.3) is 0 Å². The van der Waals surface area contributed by atoms with Gasteiger partial charge in [-0.05, 0) is 42.4 Å². The third kappa shape index (κ3) is 5.16. The fourth-order valence-corrected chi connectivity index (χ4v) is 2.88. The summed E-state index contributed by atoms with van der Waals surface area (Å²) in [6.07, 6.45) is 3.73. The van der Waals surface area contributed by atoms with Gasteiger partial charge in [0.2, 0.25) is 0 Å². The highest BCUT2D eigenvalue weighted by atomic mass is 32.2. The number of aliphatic hydroxyl groups is 1. The van der Waals surface area contributed by atoms with Crippen molar-refractivity contribution in [3.05, 3.63) is 59.8 Å². The molecule has 1 amide bonds.